The number of benzene rings is 1. The normalized spacial score (nSPS) is 15.3. The minimum absolute atomic E-state index is 0.234. The van der Waals surface area contributed by atoms with Crippen LogP contribution in [-0.2, 0) is 16.4 Å². The molecular weight excluding hydrogens is 458 g/mol. The van der Waals surface area contributed by atoms with Gasteiger partial charge in [-0.1, -0.05) is 17.4 Å². The first-order chi connectivity index (χ1) is 15.7. The second-order valence-corrected chi connectivity index (χ2v) is 11.6. The van der Waals surface area contributed by atoms with Gasteiger partial charge in [0.15, 0.2) is 5.13 Å². The Balaban J connectivity index is 1.48. The van der Waals surface area contributed by atoms with E-state index in [1.54, 1.807) is 12.3 Å². The van der Waals surface area contributed by atoms with E-state index in [0.29, 0.717) is 40.2 Å². The van der Waals surface area contributed by atoms with Crippen molar-refractivity contribution in [1.82, 2.24) is 19.9 Å². The Hall–Kier alpha value is -3.07. The molecule has 0 radical (unpaired) electrons. The van der Waals surface area contributed by atoms with E-state index in [-0.39, 0.29) is 5.25 Å². The number of anilines is 3. The Kier molecular flexibility index (Phi) is 6.60. The molecule has 3 heterocycles. The SMILES string of the molecule is Cc1cc(CN2CCC(S(C)(=O)=O)CC2)cc(Nc2nccc(-c3nc(N)sc3C#N)n2)c1. The molecule has 0 spiro atoms. The summed E-state index contributed by atoms with van der Waals surface area (Å²) >= 11 is 1.13. The molecule has 1 saturated heterocycles. The molecule has 2 aromatic heterocycles. The van der Waals surface area contributed by atoms with Gasteiger partial charge >= 0.3 is 0 Å². The first kappa shape index (κ1) is 23.1. The third-order valence-electron chi connectivity index (χ3n) is 5.58. The van der Waals surface area contributed by atoms with Crippen molar-refractivity contribution in [3.8, 4) is 17.5 Å². The number of rotatable bonds is 6. The molecule has 1 aliphatic heterocycles. The summed E-state index contributed by atoms with van der Waals surface area (Å²) in [4.78, 5) is 15.7. The standard InChI is InChI=1S/C22H25N7O2S2/c1-14-9-15(13-29-7-4-17(5-8-29)33(2,30)31)11-16(10-14)26-22-25-6-3-18(27-22)20-19(12-23)32-21(24)28-20/h3,6,9-11,17H,4-5,7-8,13H2,1-2H3,(H2,24,28)(H,25,26,27). The fourth-order valence-corrected chi connectivity index (χ4v) is 5.75. The van der Waals surface area contributed by atoms with Crippen molar-refractivity contribution >= 4 is 37.9 Å². The number of nitrogens with zero attached hydrogens (tertiary/aromatic N) is 5. The second-order valence-electron chi connectivity index (χ2n) is 8.24. The Labute approximate surface area is 197 Å². The van der Waals surface area contributed by atoms with Gasteiger partial charge in [0, 0.05) is 24.7 Å². The van der Waals surface area contributed by atoms with Crippen molar-refractivity contribution in [3.05, 3.63) is 46.5 Å². The molecule has 0 atom stereocenters. The van der Waals surface area contributed by atoms with Gasteiger partial charge in [0.2, 0.25) is 5.95 Å². The number of piperidine rings is 1. The first-order valence-electron chi connectivity index (χ1n) is 10.5. The molecular formula is C22H25N7O2S2. The zero-order chi connectivity index (χ0) is 23.6. The van der Waals surface area contributed by atoms with Gasteiger partial charge in [0.25, 0.3) is 0 Å². The minimum Gasteiger partial charge on any atom is -0.375 e. The number of aromatic nitrogens is 3. The monoisotopic (exact) mass is 483 g/mol. The van der Waals surface area contributed by atoms with E-state index in [2.05, 4.69) is 37.3 Å². The highest BCUT2D eigenvalue weighted by Gasteiger charge is 2.26. The summed E-state index contributed by atoms with van der Waals surface area (Å²) in [5.41, 5.74) is 9.81. The van der Waals surface area contributed by atoms with Crippen LogP contribution in [0, 0.1) is 18.3 Å². The number of hydrogen-bond acceptors (Lipinski definition) is 10. The van der Waals surface area contributed by atoms with Crippen molar-refractivity contribution in [1.29, 1.82) is 5.26 Å². The lowest BCUT2D eigenvalue weighted by atomic mass is 10.1. The van der Waals surface area contributed by atoms with E-state index in [4.69, 9.17) is 5.73 Å². The van der Waals surface area contributed by atoms with Crippen LogP contribution >= 0.6 is 11.3 Å². The Morgan fingerprint density at radius 3 is 2.73 bits per heavy atom. The van der Waals surface area contributed by atoms with Crippen LogP contribution in [-0.4, -0.2) is 52.9 Å². The van der Waals surface area contributed by atoms with Gasteiger partial charge in [-0.3, -0.25) is 4.90 Å². The fourth-order valence-electron chi connectivity index (χ4n) is 4.05. The van der Waals surface area contributed by atoms with Gasteiger partial charge in [0.05, 0.1) is 10.9 Å². The lowest BCUT2D eigenvalue weighted by Gasteiger charge is -2.31. The van der Waals surface area contributed by atoms with Gasteiger partial charge in [0.1, 0.15) is 26.5 Å². The maximum absolute atomic E-state index is 11.8. The first-order valence-corrected chi connectivity index (χ1v) is 13.3. The highest BCUT2D eigenvalue weighted by molar-refractivity contribution is 7.91. The summed E-state index contributed by atoms with van der Waals surface area (Å²) in [5.74, 6) is 0.397. The van der Waals surface area contributed by atoms with E-state index in [1.807, 2.05) is 19.1 Å². The van der Waals surface area contributed by atoms with Gasteiger partial charge in [-0.05, 0) is 62.2 Å². The number of nitrogens with two attached hydrogens (primary N) is 1. The number of hydrogen-bond donors (Lipinski definition) is 2. The van der Waals surface area contributed by atoms with Crippen LogP contribution in [0.5, 0.6) is 0 Å². The summed E-state index contributed by atoms with van der Waals surface area (Å²) in [6.07, 6.45) is 4.28. The van der Waals surface area contributed by atoms with Gasteiger partial charge in [-0.15, -0.1) is 0 Å². The zero-order valence-electron chi connectivity index (χ0n) is 18.4. The molecule has 11 heteroatoms. The number of likely N-dealkylation sites (tertiary alicyclic amines) is 1. The number of thiazole rings is 1. The number of nitriles is 1. The lowest BCUT2D eigenvalue weighted by Crippen LogP contribution is -2.38. The van der Waals surface area contributed by atoms with Crippen molar-refractivity contribution < 1.29 is 8.42 Å². The molecule has 1 aliphatic rings. The number of aryl methyl sites for hydroxylation is 1. The predicted octanol–water partition coefficient (Wildman–Crippen LogP) is 3.12. The largest absolute Gasteiger partial charge is 0.375 e. The molecule has 172 valence electrons. The van der Waals surface area contributed by atoms with Crippen LogP contribution < -0.4 is 11.1 Å². The van der Waals surface area contributed by atoms with Crippen molar-refractivity contribution in [2.24, 2.45) is 0 Å². The van der Waals surface area contributed by atoms with E-state index < -0.39 is 9.84 Å². The quantitative estimate of drug-likeness (QED) is 0.541. The van der Waals surface area contributed by atoms with Crippen LogP contribution in [0.1, 0.15) is 28.8 Å². The average Bonchev–Trinajstić information content (AvgIpc) is 3.14. The van der Waals surface area contributed by atoms with Crippen molar-refractivity contribution in [3.63, 3.8) is 0 Å². The van der Waals surface area contributed by atoms with Crippen LogP contribution in [0.3, 0.4) is 0 Å². The highest BCUT2D eigenvalue weighted by atomic mass is 32.2. The van der Waals surface area contributed by atoms with E-state index in [0.717, 1.165) is 47.8 Å². The molecule has 33 heavy (non-hydrogen) atoms. The van der Waals surface area contributed by atoms with Gasteiger partial charge < -0.3 is 11.1 Å². The molecule has 0 amide bonds. The van der Waals surface area contributed by atoms with Crippen molar-refractivity contribution in [2.45, 2.75) is 31.6 Å². The van der Waals surface area contributed by atoms with E-state index in [1.165, 1.54) is 6.26 Å². The van der Waals surface area contributed by atoms with E-state index in [9.17, 15) is 13.7 Å². The molecule has 0 bridgehead atoms. The topological polar surface area (TPSA) is 138 Å². The third-order valence-corrected chi connectivity index (χ3v) is 8.05. The summed E-state index contributed by atoms with van der Waals surface area (Å²) in [7, 11) is -2.98. The lowest BCUT2D eigenvalue weighted by molar-refractivity contribution is 0.222. The van der Waals surface area contributed by atoms with Crippen LogP contribution in [0.2, 0.25) is 0 Å². The Morgan fingerprint density at radius 2 is 2.03 bits per heavy atom. The fraction of sp³-hybridized carbons (Fsp3) is 0.364. The molecule has 3 N–H and O–H groups in total. The molecule has 0 unspecified atom stereocenters. The zero-order valence-corrected chi connectivity index (χ0v) is 20.1. The molecule has 9 nitrogen and oxygen atoms in total. The number of nitrogen functional groups attached to an aromatic ring is 1. The number of nitrogens with one attached hydrogen (secondary N) is 1. The maximum atomic E-state index is 11.8. The van der Waals surface area contributed by atoms with Gasteiger partial charge in [-0.2, -0.15) is 5.26 Å². The number of sulfone groups is 1. The maximum Gasteiger partial charge on any atom is 0.227 e. The minimum atomic E-state index is -2.98. The Morgan fingerprint density at radius 1 is 1.27 bits per heavy atom. The van der Waals surface area contributed by atoms with Gasteiger partial charge in [-0.25, -0.2) is 23.4 Å². The predicted molar refractivity (Wildman–Crippen MR) is 130 cm³/mol. The van der Waals surface area contributed by atoms with Crippen LogP contribution in [0.4, 0.5) is 16.8 Å². The molecule has 1 aromatic carbocycles. The third kappa shape index (κ3) is 5.65. The van der Waals surface area contributed by atoms with Crippen LogP contribution in [0.25, 0.3) is 11.4 Å². The second kappa shape index (κ2) is 9.43. The summed E-state index contributed by atoms with van der Waals surface area (Å²) in [6.45, 7) is 4.30. The molecule has 1 fully saturated rings. The summed E-state index contributed by atoms with van der Waals surface area (Å²) in [6, 6.07) is 9.99. The molecule has 3 aromatic rings. The molecule has 0 aliphatic carbocycles. The molecule has 4 rings (SSSR count). The van der Waals surface area contributed by atoms with Crippen LogP contribution in [0.15, 0.2) is 30.5 Å². The average molecular weight is 484 g/mol. The summed E-state index contributed by atoms with van der Waals surface area (Å²) < 4.78 is 23.6. The highest BCUT2D eigenvalue weighted by Crippen LogP contribution is 2.28. The summed E-state index contributed by atoms with van der Waals surface area (Å²) in [5, 5.41) is 12.6. The molecule has 0 saturated carbocycles. The van der Waals surface area contributed by atoms with Crippen molar-refractivity contribution in [2.75, 3.05) is 30.4 Å². The van der Waals surface area contributed by atoms with E-state index >= 15 is 0 Å². The Bertz CT molecular complexity index is 1310. The smallest absolute Gasteiger partial charge is 0.227 e.